The lowest BCUT2D eigenvalue weighted by Gasteiger charge is -2.22. The smallest absolute Gasteiger partial charge is 0.330 e. The van der Waals surface area contributed by atoms with Gasteiger partial charge in [0.15, 0.2) is 0 Å². The van der Waals surface area contributed by atoms with Gasteiger partial charge in [-0.15, -0.1) is 39.5 Å². The lowest BCUT2D eigenvalue weighted by Crippen LogP contribution is -2.31. The summed E-state index contributed by atoms with van der Waals surface area (Å²) in [5.74, 6) is -6.94. The van der Waals surface area contributed by atoms with Crippen LogP contribution in [-0.2, 0) is 148 Å². The van der Waals surface area contributed by atoms with Crippen molar-refractivity contribution in [1.82, 2.24) is 0 Å². The molecule has 123 heavy (non-hydrogen) atoms. The maximum absolute atomic E-state index is 11.1. The summed E-state index contributed by atoms with van der Waals surface area (Å²) in [6, 6.07) is 0. The molecule has 0 amide bonds. The minimum absolute atomic E-state index is 0. The highest BCUT2D eigenvalue weighted by atomic mass is 17.2. The Balaban J connectivity index is -0.000000149. The number of hydrogen-bond donors (Lipinski definition) is 11. The molecule has 0 aromatic carbocycles. The molecule has 44 nitrogen and oxygen atoms in total. The molecule has 11 atom stereocenters. The van der Waals surface area contributed by atoms with Crippen molar-refractivity contribution >= 4 is 59.7 Å². The van der Waals surface area contributed by atoms with E-state index in [1.807, 2.05) is 0 Å². The number of esters is 10. The third-order valence-electron chi connectivity index (χ3n) is 11.9. The first kappa shape index (κ1) is 137. The van der Waals surface area contributed by atoms with Crippen LogP contribution in [0.1, 0.15) is 40.5 Å². The average molecular weight is 1790 g/mol. The summed E-state index contributed by atoms with van der Waals surface area (Å²) in [5.41, 5.74) is 0. The van der Waals surface area contributed by atoms with Gasteiger partial charge in [-0.3, -0.25) is 4.79 Å². The number of aliphatic hydroxyl groups excluding tert-OH is 11. The fourth-order valence-corrected chi connectivity index (χ4v) is 6.57. The fraction of sp³-hybridized carbons (Fsp3) is 0.544. The highest BCUT2D eigenvalue weighted by Crippen LogP contribution is 2.18. The molecule has 0 aliphatic heterocycles. The van der Waals surface area contributed by atoms with Crippen molar-refractivity contribution in [3.05, 3.63) is 166 Å². The number of rotatable bonds is 68. The molecule has 0 spiro atoms. The number of carbonyl (C=O) groups is 10. The van der Waals surface area contributed by atoms with Crippen LogP contribution >= 0.6 is 0 Å². The topological polar surface area (TPSA) is 650 Å². The summed E-state index contributed by atoms with van der Waals surface area (Å²) >= 11 is 0. The summed E-state index contributed by atoms with van der Waals surface area (Å²) in [7, 11) is 0. The van der Waals surface area contributed by atoms with Crippen molar-refractivity contribution in [1.29, 1.82) is 0 Å². The predicted molar refractivity (Wildman–Crippen MR) is 438 cm³/mol. The Morgan fingerprint density at radius 1 is 0.252 bits per heavy atom. The lowest BCUT2D eigenvalue weighted by atomic mass is 9.95. The number of ether oxygens (including phenoxy) is 15. The van der Waals surface area contributed by atoms with Gasteiger partial charge in [-0.05, 0) is 25.2 Å². The Bertz CT molecular complexity index is 2690. The van der Waals surface area contributed by atoms with Gasteiger partial charge in [0, 0.05) is 61.3 Å². The molecule has 0 aliphatic rings. The molecule has 0 heterocycles. The zero-order valence-electron chi connectivity index (χ0n) is 68.0. The standard InChI is InChI=1S/C21H32O15.C21H32O10.C15H24O9.C14H22O8.3C2H4.2CH4.2H2O/c1-4-19(25)28-7-15(22)10-31-33-13-18(36-35-12-17(24)9-30-21(27)6-3)14-34-32-11-16(23)8-29-20(26)5-2;1-4-19(25)29-12-16(22)8-7-15(9-17(23)13-30-20(26)5-2)10-28-11-18(24)14-31-21(27)6-3;1-3-14(19)23-9-12(17)7-21-5-11(16)6-22-8-13(18)10-24-15(20)4-2;1-3-13(17)22-10-12(16)9-20-6-5-19-8-11(15)7-14(18)21-4-2;3*1-2;;;;/h4-6,15-18,22-24H,1-3,7-14H2;4-6,15-18,22-24H,1-3,7-14H2;3-4,11-13,16-18H,1-2,5-10H2;3-4,11-12,15-16H,1-2,5-10H2;3*1-2H2;2*1H4;2*1H2. The SMILES string of the molecule is C.C.C=C.C=C.C=C.C=CC(=O)OCC(O)CCC(COCC(O)COC(=O)C=C)CC(O)COC(=O)C=C.C=CC(=O)OCC(O)COCC(O)COCC(O)COC(=O)C=C.C=CC(=O)OCC(O)COOCC(COOCC(O)COC(=O)C=C)OOCC(O)COC(=O)C=C.C=COC(=O)CC(O)COCCOCC(O)COC(=O)C=C.O.O. The van der Waals surface area contributed by atoms with Gasteiger partial charge >= 0.3 is 59.7 Å². The van der Waals surface area contributed by atoms with Crippen LogP contribution in [0.2, 0.25) is 0 Å². The van der Waals surface area contributed by atoms with E-state index in [2.05, 4.69) is 138 Å². The summed E-state index contributed by atoms with van der Waals surface area (Å²) in [4.78, 5) is 139. The van der Waals surface area contributed by atoms with E-state index in [0.29, 0.717) is 6.42 Å². The van der Waals surface area contributed by atoms with Gasteiger partial charge < -0.3 is 138 Å². The Hall–Kier alpha value is -9.64. The number of carbonyl (C=O) groups excluding carboxylic acids is 10. The molecule has 0 bridgehead atoms. The second kappa shape index (κ2) is 99.5. The summed E-state index contributed by atoms with van der Waals surface area (Å²) in [6.07, 6.45) is -2.21. The molecule has 714 valence electrons. The van der Waals surface area contributed by atoms with Gasteiger partial charge in [-0.1, -0.05) is 80.6 Å². The van der Waals surface area contributed by atoms with E-state index in [1.54, 1.807) is 0 Å². The van der Waals surface area contributed by atoms with Gasteiger partial charge in [0.05, 0.1) is 90.5 Å². The Morgan fingerprint density at radius 2 is 0.472 bits per heavy atom. The molecular weight excluding hydrogens is 1650 g/mol. The Labute approximate surface area is 717 Å². The maximum atomic E-state index is 11.1. The molecule has 0 rings (SSSR count). The minimum atomic E-state index is -1.22. The number of hydrogen-bond acceptors (Lipinski definition) is 42. The molecule has 0 saturated carbocycles. The van der Waals surface area contributed by atoms with Crippen molar-refractivity contribution in [3.8, 4) is 0 Å². The zero-order chi connectivity index (χ0) is 92.0. The Morgan fingerprint density at radius 3 is 0.748 bits per heavy atom. The van der Waals surface area contributed by atoms with E-state index in [1.165, 1.54) is 0 Å². The predicted octanol–water partition coefficient (Wildman–Crippen LogP) is -1.33. The maximum Gasteiger partial charge on any atom is 0.330 e. The summed E-state index contributed by atoms with van der Waals surface area (Å²) in [6.45, 7) is 45.8. The first-order chi connectivity index (χ1) is 56.8. The van der Waals surface area contributed by atoms with E-state index in [4.69, 9.17) is 67.2 Å². The van der Waals surface area contributed by atoms with Crippen LogP contribution in [0.5, 0.6) is 0 Å². The van der Waals surface area contributed by atoms with Gasteiger partial charge in [0.2, 0.25) is 0 Å². The van der Waals surface area contributed by atoms with Crippen LogP contribution in [0.3, 0.4) is 0 Å². The number of aliphatic hydroxyl groups is 11. The quantitative estimate of drug-likeness (QED) is 0.00491. The molecule has 0 saturated heterocycles. The van der Waals surface area contributed by atoms with E-state index in [9.17, 15) is 104 Å². The molecule has 0 radical (unpaired) electrons. The second-order valence-electron chi connectivity index (χ2n) is 22.1. The first-order valence-corrected chi connectivity index (χ1v) is 35.4. The molecule has 15 N–H and O–H groups in total. The van der Waals surface area contributed by atoms with Gasteiger partial charge in [-0.25, -0.2) is 72.5 Å². The van der Waals surface area contributed by atoms with E-state index >= 15 is 0 Å². The van der Waals surface area contributed by atoms with Crippen molar-refractivity contribution in [2.45, 2.75) is 114 Å². The molecule has 0 aromatic heterocycles. The summed E-state index contributed by atoms with van der Waals surface area (Å²) < 4.78 is 72.1. The minimum Gasteiger partial charge on any atom is -0.460 e. The van der Waals surface area contributed by atoms with Crippen molar-refractivity contribution < 1.29 is 215 Å². The van der Waals surface area contributed by atoms with E-state index < -0.39 is 140 Å². The van der Waals surface area contributed by atoms with Crippen LogP contribution in [-0.4, -0.2) is 359 Å². The van der Waals surface area contributed by atoms with Crippen molar-refractivity contribution in [2.75, 3.05) is 159 Å². The van der Waals surface area contributed by atoms with E-state index in [0.717, 1.165) is 60.9 Å². The molecule has 0 fully saturated rings. The van der Waals surface area contributed by atoms with Crippen LogP contribution in [0.4, 0.5) is 0 Å². The second-order valence-corrected chi connectivity index (χ2v) is 22.1. The van der Waals surface area contributed by atoms with Gasteiger partial charge in [-0.2, -0.15) is 0 Å². The van der Waals surface area contributed by atoms with Crippen LogP contribution in [0.25, 0.3) is 0 Å². The van der Waals surface area contributed by atoms with Gasteiger partial charge in [0.1, 0.15) is 147 Å². The Kier molecular flexibility index (Phi) is 110. The highest BCUT2D eigenvalue weighted by molar-refractivity contribution is 5.84. The largest absolute Gasteiger partial charge is 0.460 e. The fourth-order valence-electron chi connectivity index (χ4n) is 6.57. The van der Waals surface area contributed by atoms with E-state index in [-0.39, 0.29) is 203 Å². The highest BCUT2D eigenvalue weighted by Gasteiger charge is 2.22. The third-order valence-corrected chi connectivity index (χ3v) is 11.9. The van der Waals surface area contributed by atoms with Crippen LogP contribution in [0, 0.1) is 5.92 Å². The summed E-state index contributed by atoms with van der Waals surface area (Å²) in [5, 5.41) is 106. The third kappa shape index (κ3) is 101. The monoisotopic (exact) mass is 1790 g/mol. The molecule has 0 aliphatic carbocycles. The lowest BCUT2D eigenvalue weighted by molar-refractivity contribution is -0.399. The van der Waals surface area contributed by atoms with Crippen molar-refractivity contribution in [2.24, 2.45) is 5.92 Å². The molecule has 0 aromatic rings. The van der Waals surface area contributed by atoms with Gasteiger partial charge in [0.25, 0.3) is 0 Å². The molecular formula is C79H134O44. The normalized spacial score (nSPS) is 13.0. The first-order valence-electron chi connectivity index (χ1n) is 35.4. The van der Waals surface area contributed by atoms with Crippen LogP contribution in [0.15, 0.2) is 166 Å². The molecule has 11 unspecified atom stereocenters. The molecule has 44 heteroatoms. The zero-order valence-corrected chi connectivity index (χ0v) is 68.0. The van der Waals surface area contributed by atoms with Crippen molar-refractivity contribution in [3.63, 3.8) is 0 Å². The van der Waals surface area contributed by atoms with Crippen LogP contribution < -0.4 is 0 Å². The average Bonchev–Trinajstić information content (AvgIpc) is 0.944.